The van der Waals surface area contributed by atoms with E-state index in [1.54, 1.807) is 31.2 Å². The molecule has 124 valence electrons. The van der Waals surface area contributed by atoms with Crippen LogP contribution in [0.15, 0.2) is 34.9 Å². The molecule has 5 nitrogen and oxygen atoms in total. The van der Waals surface area contributed by atoms with Crippen LogP contribution in [-0.2, 0) is 0 Å². The Hall–Kier alpha value is -2.76. The summed E-state index contributed by atoms with van der Waals surface area (Å²) in [5, 5.41) is 7.29. The summed E-state index contributed by atoms with van der Waals surface area (Å²) in [7, 11) is 0. The van der Waals surface area contributed by atoms with Gasteiger partial charge in [0.1, 0.15) is 11.5 Å². The number of fused-ring (bicyclic) bond motifs is 1. The molecule has 0 aliphatic rings. The van der Waals surface area contributed by atoms with Gasteiger partial charge in [-0.25, -0.2) is 9.37 Å². The molecule has 0 radical (unpaired) electrons. The molecule has 3 aromatic rings. The zero-order valence-electron chi connectivity index (χ0n) is 13.8. The van der Waals surface area contributed by atoms with Gasteiger partial charge in [-0.15, -0.1) is 0 Å². The zero-order valence-corrected chi connectivity index (χ0v) is 13.8. The van der Waals surface area contributed by atoms with Crippen LogP contribution in [-0.4, -0.2) is 22.1 Å². The number of aromatic nitrogens is 2. The van der Waals surface area contributed by atoms with Gasteiger partial charge < -0.3 is 9.84 Å². The molecule has 24 heavy (non-hydrogen) atoms. The van der Waals surface area contributed by atoms with Crippen molar-refractivity contribution in [3.63, 3.8) is 0 Å². The molecule has 3 rings (SSSR count). The minimum Gasteiger partial charge on any atom is -0.350 e. The van der Waals surface area contributed by atoms with Gasteiger partial charge in [-0.2, -0.15) is 0 Å². The predicted octanol–water partition coefficient (Wildman–Crippen LogP) is 3.87. The Balaban J connectivity index is 2.20. The molecule has 0 fully saturated rings. The standard InChI is InChI=1S/C18H18FN3O2/c1-4-10(2)20-17(23)13-9-11(3)21-18-15(13)16(22-24-18)12-7-5-6-8-14(12)19/h5-10H,4H2,1-3H3,(H,20,23). The number of nitrogens with one attached hydrogen (secondary N) is 1. The molecular formula is C18H18FN3O2. The molecule has 1 atom stereocenters. The molecule has 1 aromatic carbocycles. The largest absolute Gasteiger partial charge is 0.350 e. The summed E-state index contributed by atoms with van der Waals surface area (Å²) in [6.45, 7) is 5.68. The highest BCUT2D eigenvalue weighted by atomic mass is 19.1. The van der Waals surface area contributed by atoms with Crippen LogP contribution in [0.2, 0.25) is 0 Å². The molecule has 0 aliphatic carbocycles. The van der Waals surface area contributed by atoms with Crippen LogP contribution in [0.1, 0.15) is 36.3 Å². The van der Waals surface area contributed by atoms with Crippen molar-refractivity contribution in [3.05, 3.63) is 47.4 Å². The molecule has 0 bridgehead atoms. The lowest BCUT2D eigenvalue weighted by Gasteiger charge is -2.12. The number of halogens is 1. The van der Waals surface area contributed by atoms with Crippen molar-refractivity contribution in [1.29, 1.82) is 0 Å². The molecule has 6 heteroatoms. The maximum absolute atomic E-state index is 14.2. The minimum absolute atomic E-state index is 0.0257. The number of pyridine rings is 1. The van der Waals surface area contributed by atoms with Gasteiger partial charge >= 0.3 is 0 Å². The number of carbonyl (C=O) groups is 1. The number of nitrogens with zero attached hydrogens (tertiary/aromatic N) is 2. The fourth-order valence-corrected chi connectivity index (χ4v) is 2.49. The summed E-state index contributed by atoms with van der Waals surface area (Å²) in [6.07, 6.45) is 0.808. The molecule has 1 N–H and O–H groups in total. The van der Waals surface area contributed by atoms with E-state index < -0.39 is 5.82 Å². The Morgan fingerprint density at radius 1 is 1.38 bits per heavy atom. The van der Waals surface area contributed by atoms with E-state index in [-0.39, 0.29) is 28.9 Å². The maximum Gasteiger partial charge on any atom is 0.259 e. The van der Waals surface area contributed by atoms with E-state index in [1.807, 2.05) is 13.8 Å². The second-order valence-corrected chi connectivity index (χ2v) is 5.79. The Bertz CT molecular complexity index is 904. The third kappa shape index (κ3) is 2.87. The van der Waals surface area contributed by atoms with Gasteiger partial charge in [0.2, 0.25) is 0 Å². The first-order chi connectivity index (χ1) is 11.5. The van der Waals surface area contributed by atoms with Crippen molar-refractivity contribution in [2.45, 2.75) is 33.2 Å². The zero-order chi connectivity index (χ0) is 17.3. The van der Waals surface area contributed by atoms with E-state index in [2.05, 4.69) is 15.5 Å². The summed E-state index contributed by atoms with van der Waals surface area (Å²) in [6, 6.07) is 7.94. The summed E-state index contributed by atoms with van der Waals surface area (Å²) in [5.41, 5.74) is 1.80. The fourth-order valence-electron chi connectivity index (χ4n) is 2.49. The topological polar surface area (TPSA) is 68.0 Å². The Morgan fingerprint density at radius 2 is 2.12 bits per heavy atom. The van der Waals surface area contributed by atoms with Crippen LogP contribution >= 0.6 is 0 Å². The highest BCUT2D eigenvalue weighted by molar-refractivity contribution is 6.09. The number of hydrogen-bond donors (Lipinski definition) is 1. The SMILES string of the molecule is CCC(C)NC(=O)c1cc(C)nc2onc(-c3ccccc3F)c12. The van der Waals surface area contributed by atoms with Gasteiger partial charge in [0.25, 0.3) is 11.6 Å². The highest BCUT2D eigenvalue weighted by Gasteiger charge is 2.22. The smallest absolute Gasteiger partial charge is 0.259 e. The van der Waals surface area contributed by atoms with Gasteiger partial charge in [0.15, 0.2) is 0 Å². The van der Waals surface area contributed by atoms with Crippen LogP contribution in [0.4, 0.5) is 4.39 Å². The molecule has 1 unspecified atom stereocenters. The molecule has 0 saturated heterocycles. The normalized spacial score (nSPS) is 12.3. The summed E-state index contributed by atoms with van der Waals surface area (Å²) in [5.74, 6) is -0.679. The Labute approximate surface area is 138 Å². The van der Waals surface area contributed by atoms with E-state index in [0.29, 0.717) is 16.6 Å². The van der Waals surface area contributed by atoms with E-state index in [4.69, 9.17) is 4.52 Å². The Morgan fingerprint density at radius 3 is 2.83 bits per heavy atom. The molecule has 1 amide bonds. The average Bonchev–Trinajstić information content (AvgIpc) is 2.97. The number of hydrogen-bond acceptors (Lipinski definition) is 4. The van der Waals surface area contributed by atoms with Gasteiger partial charge in [0, 0.05) is 17.3 Å². The van der Waals surface area contributed by atoms with Crippen molar-refractivity contribution < 1.29 is 13.7 Å². The van der Waals surface area contributed by atoms with Crippen LogP contribution in [0.25, 0.3) is 22.4 Å². The third-order valence-electron chi connectivity index (χ3n) is 3.94. The fraction of sp³-hybridized carbons (Fsp3) is 0.278. The van der Waals surface area contributed by atoms with Crippen molar-refractivity contribution in [3.8, 4) is 11.3 Å². The number of aryl methyl sites for hydroxylation is 1. The monoisotopic (exact) mass is 327 g/mol. The highest BCUT2D eigenvalue weighted by Crippen LogP contribution is 2.31. The number of carbonyl (C=O) groups excluding carboxylic acids is 1. The first kappa shape index (κ1) is 16.1. The van der Waals surface area contributed by atoms with Crippen molar-refractivity contribution in [2.75, 3.05) is 0 Å². The summed E-state index contributed by atoms with van der Waals surface area (Å²) < 4.78 is 19.4. The van der Waals surface area contributed by atoms with E-state index in [0.717, 1.165) is 6.42 Å². The van der Waals surface area contributed by atoms with Crippen LogP contribution in [0.3, 0.4) is 0 Å². The first-order valence-electron chi connectivity index (χ1n) is 7.84. The second-order valence-electron chi connectivity index (χ2n) is 5.79. The second kappa shape index (κ2) is 6.39. The Kier molecular flexibility index (Phi) is 4.29. The predicted molar refractivity (Wildman–Crippen MR) is 89.2 cm³/mol. The average molecular weight is 327 g/mol. The molecule has 2 heterocycles. The maximum atomic E-state index is 14.2. The lowest BCUT2D eigenvalue weighted by molar-refractivity contribution is 0.0940. The van der Waals surface area contributed by atoms with Crippen LogP contribution in [0.5, 0.6) is 0 Å². The molecular weight excluding hydrogens is 309 g/mol. The van der Waals surface area contributed by atoms with E-state index in [1.165, 1.54) is 6.07 Å². The van der Waals surface area contributed by atoms with Crippen LogP contribution in [0, 0.1) is 12.7 Å². The van der Waals surface area contributed by atoms with Crippen molar-refractivity contribution in [2.24, 2.45) is 0 Å². The quantitative estimate of drug-likeness (QED) is 0.790. The minimum atomic E-state index is -0.429. The third-order valence-corrected chi connectivity index (χ3v) is 3.94. The number of amides is 1. The van der Waals surface area contributed by atoms with E-state index >= 15 is 0 Å². The summed E-state index contributed by atoms with van der Waals surface area (Å²) >= 11 is 0. The lowest BCUT2D eigenvalue weighted by Crippen LogP contribution is -2.32. The molecule has 0 aliphatic heterocycles. The summed E-state index contributed by atoms with van der Waals surface area (Å²) in [4.78, 5) is 16.9. The lowest BCUT2D eigenvalue weighted by atomic mass is 10.0. The van der Waals surface area contributed by atoms with Crippen molar-refractivity contribution in [1.82, 2.24) is 15.5 Å². The molecule has 0 spiro atoms. The first-order valence-corrected chi connectivity index (χ1v) is 7.84. The van der Waals surface area contributed by atoms with Gasteiger partial charge in [-0.1, -0.05) is 24.2 Å². The van der Waals surface area contributed by atoms with Crippen LogP contribution < -0.4 is 5.32 Å². The van der Waals surface area contributed by atoms with Gasteiger partial charge in [-0.05, 0) is 38.5 Å². The number of benzene rings is 1. The molecule has 2 aromatic heterocycles. The van der Waals surface area contributed by atoms with Crippen molar-refractivity contribution >= 4 is 17.0 Å². The van der Waals surface area contributed by atoms with E-state index in [9.17, 15) is 9.18 Å². The number of rotatable bonds is 4. The van der Waals surface area contributed by atoms with Gasteiger partial charge in [0.05, 0.1) is 10.9 Å². The van der Waals surface area contributed by atoms with Gasteiger partial charge in [-0.3, -0.25) is 4.79 Å². The molecule has 0 saturated carbocycles.